The van der Waals surface area contributed by atoms with Crippen LogP contribution in [0, 0.1) is 11.8 Å². The SMILES string of the molecule is CC(C)C.CC(C)C.CC(C)N(C)c1ccccc1.CC(C)N1CCCCC1.CC(C)N1CCN(C)CC1.c1ccncc1.c1cncnc1. The predicted molar refractivity (Wildman–Crippen MR) is 222 cm³/mol. The number of likely N-dealkylation sites (N-methyl/N-ethyl adjacent to an activating group) is 1. The van der Waals surface area contributed by atoms with Gasteiger partial charge in [-0.25, -0.2) is 9.97 Å². The third-order valence-corrected chi connectivity index (χ3v) is 7.37. The molecule has 0 saturated carbocycles. The van der Waals surface area contributed by atoms with Gasteiger partial charge in [-0.2, -0.15) is 0 Å². The minimum atomic E-state index is 0.567. The molecular weight excluding hydrogens is 615 g/mol. The number of anilines is 1. The Balaban J connectivity index is 0. The molecule has 0 aliphatic carbocycles. The molecule has 286 valence electrons. The summed E-state index contributed by atoms with van der Waals surface area (Å²) in [6, 6.07) is 20.0. The van der Waals surface area contributed by atoms with Gasteiger partial charge < -0.3 is 14.7 Å². The molecule has 2 aliphatic heterocycles. The third kappa shape index (κ3) is 33.6. The Hall–Kier alpha value is -2.87. The van der Waals surface area contributed by atoms with Crippen LogP contribution in [0.4, 0.5) is 5.69 Å². The highest BCUT2D eigenvalue weighted by Gasteiger charge is 2.15. The van der Waals surface area contributed by atoms with Gasteiger partial charge in [0.25, 0.3) is 0 Å². The third-order valence-electron chi connectivity index (χ3n) is 7.37. The number of para-hydroxylation sites is 1. The fourth-order valence-corrected chi connectivity index (χ4v) is 4.30. The van der Waals surface area contributed by atoms with Crippen LogP contribution in [0.15, 0.2) is 85.7 Å². The normalized spacial score (nSPS) is 14.5. The summed E-state index contributed by atoms with van der Waals surface area (Å²) < 4.78 is 0. The van der Waals surface area contributed by atoms with Gasteiger partial charge in [0.2, 0.25) is 0 Å². The van der Waals surface area contributed by atoms with E-state index >= 15 is 0 Å². The quantitative estimate of drug-likeness (QED) is 0.270. The van der Waals surface area contributed by atoms with Crippen LogP contribution >= 0.6 is 0 Å². The standard InChI is InChI=1S/C10H15N.C8H18N2.C8H17N.C5H5N.C4H4N2.2C4H10/c1-9(2)11(3)10-7-5-4-6-8-10;1-8(2)10-6-4-9(3)5-7-10;1-8(2)9-6-4-3-5-7-9;1-2-4-6-5-3-1;1-2-5-4-6-3-1;2*1-4(2)3/h4-9H,1-3H3;8H,4-7H2,1-3H3;8H,3-7H2,1-2H3;1-5H;1-4H;2*4H,1-3H3. The summed E-state index contributed by atoms with van der Waals surface area (Å²) in [5.74, 6) is 1.67. The number of pyridine rings is 1. The molecule has 7 nitrogen and oxygen atoms in total. The molecule has 0 radical (unpaired) electrons. The van der Waals surface area contributed by atoms with E-state index in [0.717, 1.165) is 23.9 Å². The molecule has 0 atom stereocenters. The van der Waals surface area contributed by atoms with E-state index in [1.54, 1.807) is 30.9 Å². The largest absolute Gasteiger partial charge is 0.372 e. The van der Waals surface area contributed by atoms with Gasteiger partial charge in [0.05, 0.1) is 0 Å². The van der Waals surface area contributed by atoms with Crippen molar-refractivity contribution in [1.82, 2.24) is 29.7 Å². The van der Waals surface area contributed by atoms with Gasteiger partial charge in [-0.3, -0.25) is 9.88 Å². The fourth-order valence-electron chi connectivity index (χ4n) is 4.30. The number of benzene rings is 1. The Labute approximate surface area is 310 Å². The van der Waals surface area contributed by atoms with Gasteiger partial charge in [0.1, 0.15) is 6.33 Å². The first-order chi connectivity index (χ1) is 23.7. The Morgan fingerprint density at radius 2 is 0.900 bits per heavy atom. The molecule has 0 bridgehead atoms. The molecule has 0 unspecified atom stereocenters. The van der Waals surface area contributed by atoms with Crippen LogP contribution in [-0.4, -0.2) is 101 Å². The summed E-state index contributed by atoms with van der Waals surface area (Å²) in [7, 11) is 4.30. The molecular formula is C43H79N7. The maximum absolute atomic E-state index is 3.78. The minimum Gasteiger partial charge on any atom is -0.372 e. The molecule has 2 aliphatic rings. The molecule has 1 aromatic carbocycles. The second-order valence-electron chi connectivity index (χ2n) is 15.1. The predicted octanol–water partition coefficient (Wildman–Crippen LogP) is 9.94. The van der Waals surface area contributed by atoms with E-state index in [2.05, 4.69) is 156 Å². The van der Waals surface area contributed by atoms with Gasteiger partial charge in [-0.15, -0.1) is 0 Å². The van der Waals surface area contributed by atoms with E-state index < -0.39 is 0 Å². The summed E-state index contributed by atoms with van der Waals surface area (Å²) in [5, 5.41) is 0. The first-order valence-corrected chi connectivity index (χ1v) is 19.2. The first kappa shape index (κ1) is 49.2. The molecule has 0 amide bonds. The van der Waals surface area contributed by atoms with Gasteiger partial charge in [0.15, 0.2) is 0 Å². The second kappa shape index (κ2) is 33.3. The van der Waals surface area contributed by atoms with Crippen molar-refractivity contribution in [3.63, 3.8) is 0 Å². The number of hydrogen-bond acceptors (Lipinski definition) is 7. The van der Waals surface area contributed by atoms with E-state index in [9.17, 15) is 0 Å². The van der Waals surface area contributed by atoms with Crippen molar-refractivity contribution in [1.29, 1.82) is 0 Å². The zero-order valence-electron chi connectivity index (χ0n) is 35.0. The van der Waals surface area contributed by atoms with E-state index in [-0.39, 0.29) is 0 Å². The number of likely N-dealkylation sites (tertiary alicyclic amines) is 1. The smallest absolute Gasteiger partial charge is 0.115 e. The van der Waals surface area contributed by atoms with Crippen LogP contribution in [0.1, 0.15) is 102 Å². The Morgan fingerprint density at radius 3 is 1.18 bits per heavy atom. The number of nitrogens with zero attached hydrogens (tertiary/aromatic N) is 7. The Morgan fingerprint density at radius 1 is 0.500 bits per heavy atom. The van der Waals surface area contributed by atoms with Crippen LogP contribution in [0.25, 0.3) is 0 Å². The zero-order chi connectivity index (χ0) is 38.2. The fraction of sp³-hybridized carbons (Fsp3) is 0.651. The lowest BCUT2D eigenvalue weighted by molar-refractivity contribution is 0.126. The zero-order valence-corrected chi connectivity index (χ0v) is 35.0. The topological polar surface area (TPSA) is 51.6 Å². The highest BCUT2D eigenvalue weighted by molar-refractivity contribution is 5.45. The molecule has 50 heavy (non-hydrogen) atoms. The average Bonchev–Trinajstić information content (AvgIpc) is 3.11. The summed E-state index contributed by atoms with van der Waals surface area (Å²) in [6.07, 6.45) is 12.7. The lowest BCUT2D eigenvalue weighted by Crippen LogP contribution is -2.47. The van der Waals surface area contributed by atoms with Gasteiger partial charge in [-0.05, 0) is 117 Å². The molecule has 0 spiro atoms. The average molecular weight is 694 g/mol. The molecule has 3 aromatic rings. The summed E-state index contributed by atoms with van der Waals surface area (Å²) in [5.41, 5.74) is 1.28. The van der Waals surface area contributed by atoms with Crippen molar-refractivity contribution in [2.24, 2.45) is 11.8 Å². The van der Waals surface area contributed by atoms with Crippen molar-refractivity contribution in [3.8, 4) is 0 Å². The van der Waals surface area contributed by atoms with E-state index in [1.165, 1.54) is 70.5 Å². The number of rotatable bonds is 4. The molecule has 4 heterocycles. The Bertz CT molecular complexity index is 936. The van der Waals surface area contributed by atoms with E-state index in [4.69, 9.17) is 0 Å². The molecule has 7 heteroatoms. The molecule has 2 saturated heterocycles. The number of piperidine rings is 1. The van der Waals surface area contributed by atoms with Crippen LogP contribution in [-0.2, 0) is 0 Å². The van der Waals surface area contributed by atoms with Crippen LogP contribution in [0.2, 0.25) is 0 Å². The van der Waals surface area contributed by atoms with Crippen LogP contribution in [0.5, 0.6) is 0 Å². The van der Waals surface area contributed by atoms with Crippen molar-refractivity contribution in [2.45, 2.75) is 120 Å². The number of hydrogen-bond donors (Lipinski definition) is 0. The monoisotopic (exact) mass is 694 g/mol. The molecule has 2 fully saturated rings. The summed E-state index contributed by atoms with van der Waals surface area (Å²) in [6.45, 7) is 34.1. The molecule has 5 rings (SSSR count). The van der Waals surface area contributed by atoms with Crippen molar-refractivity contribution < 1.29 is 0 Å². The lowest BCUT2D eigenvalue weighted by atomic mass is 10.1. The number of aromatic nitrogens is 3. The van der Waals surface area contributed by atoms with Gasteiger partial charge in [0, 0.05) is 81.8 Å². The van der Waals surface area contributed by atoms with E-state index in [1.807, 2.05) is 24.3 Å². The molecule has 2 aromatic heterocycles. The van der Waals surface area contributed by atoms with Crippen LogP contribution in [0.3, 0.4) is 0 Å². The van der Waals surface area contributed by atoms with Gasteiger partial charge >= 0.3 is 0 Å². The number of piperazine rings is 1. The molecule has 0 N–H and O–H groups in total. The Kier molecular flexibility index (Phi) is 32.8. The van der Waals surface area contributed by atoms with Crippen LogP contribution < -0.4 is 4.90 Å². The first-order valence-electron chi connectivity index (χ1n) is 19.2. The van der Waals surface area contributed by atoms with Crippen molar-refractivity contribution in [3.05, 3.63) is 85.7 Å². The van der Waals surface area contributed by atoms with Crippen molar-refractivity contribution in [2.75, 3.05) is 58.3 Å². The van der Waals surface area contributed by atoms with Crippen molar-refractivity contribution >= 4 is 5.69 Å². The van der Waals surface area contributed by atoms with Gasteiger partial charge in [-0.1, -0.05) is 72.2 Å². The maximum atomic E-state index is 3.78. The lowest BCUT2D eigenvalue weighted by Gasteiger charge is -2.34. The summed E-state index contributed by atoms with van der Waals surface area (Å²) >= 11 is 0. The second-order valence-corrected chi connectivity index (χ2v) is 15.1. The van der Waals surface area contributed by atoms with E-state index in [0.29, 0.717) is 6.04 Å². The summed E-state index contributed by atoms with van der Waals surface area (Å²) in [4.78, 5) is 20.9. The highest BCUT2D eigenvalue weighted by atomic mass is 15.3. The highest BCUT2D eigenvalue weighted by Crippen LogP contribution is 2.13. The maximum Gasteiger partial charge on any atom is 0.115 e. The minimum absolute atomic E-state index is 0.567.